The summed E-state index contributed by atoms with van der Waals surface area (Å²) in [7, 11) is 0. The molecule has 1 N–H and O–H groups in total. The van der Waals surface area contributed by atoms with Gasteiger partial charge in [-0.2, -0.15) is 0 Å². The molecule has 3 aromatic rings. The number of thiazole rings is 1. The molecule has 0 saturated heterocycles. The minimum Gasteiger partial charge on any atom is -0.475 e. The van der Waals surface area contributed by atoms with Gasteiger partial charge in [-0.3, -0.25) is 0 Å². The molecule has 2 aromatic heterocycles. The molecule has 5 nitrogen and oxygen atoms in total. The second-order valence-electron chi connectivity index (χ2n) is 5.89. The fraction of sp³-hybridized carbons (Fsp3) is 0.353. The summed E-state index contributed by atoms with van der Waals surface area (Å²) >= 11 is 13.8. The molecule has 0 amide bonds. The maximum Gasteiger partial charge on any atom is 0.258 e. The first-order chi connectivity index (χ1) is 11.9. The van der Waals surface area contributed by atoms with E-state index in [0.717, 1.165) is 12.1 Å². The molecule has 0 aliphatic rings. The van der Waals surface area contributed by atoms with Gasteiger partial charge in [0.2, 0.25) is 0 Å². The van der Waals surface area contributed by atoms with E-state index in [9.17, 15) is 0 Å². The first-order valence-electron chi connectivity index (χ1n) is 7.89. The third-order valence-corrected chi connectivity index (χ3v) is 5.23. The summed E-state index contributed by atoms with van der Waals surface area (Å²) in [6, 6.07) is 3.61. The lowest BCUT2D eigenvalue weighted by Gasteiger charge is -2.15. The number of hydrogen-bond acceptors (Lipinski definition) is 6. The Bertz CT molecular complexity index is 898. The number of benzene rings is 1. The fourth-order valence-corrected chi connectivity index (χ4v) is 3.39. The van der Waals surface area contributed by atoms with Gasteiger partial charge in [-0.1, -0.05) is 23.2 Å². The van der Waals surface area contributed by atoms with Crippen LogP contribution < -0.4 is 10.1 Å². The SMILES string of the molecule is Cc1ncsc1CCOc1nc2cc(Cl)c(Cl)cc2nc1NC(C)C. The highest BCUT2D eigenvalue weighted by Crippen LogP contribution is 2.30. The van der Waals surface area contributed by atoms with Gasteiger partial charge in [-0.05, 0) is 32.9 Å². The highest BCUT2D eigenvalue weighted by Gasteiger charge is 2.13. The van der Waals surface area contributed by atoms with Crippen LogP contribution in [-0.4, -0.2) is 27.6 Å². The van der Waals surface area contributed by atoms with Crippen molar-refractivity contribution in [1.29, 1.82) is 0 Å². The van der Waals surface area contributed by atoms with Gasteiger partial charge in [0.25, 0.3) is 5.88 Å². The predicted octanol–water partition coefficient (Wildman–Crippen LogP) is 5.14. The smallest absolute Gasteiger partial charge is 0.258 e. The topological polar surface area (TPSA) is 59.9 Å². The monoisotopic (exact) mass is 396 g/mol. The molecule has 0 spiro atoms. The van der Waals surface area contributed by atoms with Crippen molar-refractivity contribution < 1.29 is 4.74 Å². The first kappa shape index (κ1) is 18.2. The van der Waals surface area contributed by atoms with Crippen molar-refractivity contribution in [3.8, 4) is 5.88 Å². The Labute approximate surface area is 160 Å². The maximum atomic E-state index is 6.09. The van der Waals surface area contributed by atoms with Crippen molar-refractivity contribution in [2.45, 2.75) is 33.2 Å². The van der Waals surface area contributed by atoms with Crippen molar-refractivity contribution in [1.82, 2.24) is 15.0 Å². The quantitative estimate of drug-likeness (QED) is 0.624. The Morgan fingerprint density at radius 2 is 1.84 bits per heavy atom. The summed E-state index contributed by atoms with van der Waals surface area (Å²) in [5.74, 6) is 1.06. The van der Waals surface area contributed by atoms with Gasteiger partial charge in [0.1, 0.15) is 0 Å². The average Bonchev–Trinajstić information content (AvgIpc) is 2.94. The highest BCUT2D eigenvalue weighted by molar-refractivity contribution is 7.09. The zero-order chi connectivity index (χ0) is 18.0. The summed E-state index contributed by atoms with van der Waals surface area (Å²) in [5.41, 5.74) is 4.20. The van der Waals surface area contributed by atoms with Crippen LogP contribution >= 0.6 is 34.5 Å². The number of nitrogens with zero attached hydrogens (tertiary/aromatic N) is 3. The molecule has 2 heterocycles. The molecule has 1 aromatic carbocycles. The van der Waals surface area contributed by atoms with Crippen LogP contribution in [0.1, 0.15) is 24.4 Å². The van der Waals surface area contributed by atoms with Crippen LogP contribution in [0.25, 0.3) is 11.0 Å². The number of aryl methyl sites for hydroxylation is 1. The van der Waals surface area contributed by atoms with Crippen LogP contribution in [0.4, 0.5) is 5.82 Å². The lowest BCUT2D eigenvalue weighted by atomic mass is 10.3. The number of aromatic nitrogens is 3. The third kappa shape index (κ3) is 4.32. The highest BCUT2D eigenvalue weighted by atomic mass is 35.5. The van der Waals surface area contributed by atoms with Gasteiger partial charge in [-0.25, -0.2) is 15.0 Å². The lowest BCUT2D eigenvalue weighted by molar-refractivity contribution is 0.311. The summed E-state index contributed by atoms with van der Waals surface area (Å²) in [5, 5.41) is 4.17. The van der Waals surface area contributed by atoms with Crippen LogP contribution in [-0.2, 0) is 6.42 Å². The maximum absolute atomic E-state index is 6.09. The second kappa shape index (κ2) is 7.72. The van der Waals surface area contributed by atoms with Gasteiger partial charge in [0.15, 0.2) is 5.82 Å². The van der Waals surface area contributed by atoms with Gasteiger partial charge < -0.3 is 10.1 Å². The molecule has 3 rings (SSSR count). The van der Waals surface area contributed by atoms with E-state index < -0.39 is 0 Å². The minimum atomic E-state index is 0.195. The third-order valence-electron chi connectivity index (χ3n) is 3.51. The molecule has 132 valence electrons. The molecule has 0 saturated carbocycles. The van der Waals surface area contributed by atoms with E-state index in [0.29, 0.717) is 39.4 Å². The van der Waals surface area contributed by atoms with Crippen LogP contribution in [0, 0.1) is 6.92 Å². The van der Waals surface area contributed by atoms with E-state index >= 15 is 0 Å². The standard InChI is InChI=1S/C17H18Cl2N4OS/c1-9(2)21-16-17(24-5-4-15-10(3)20-8-25-15)23-14-7-12(19)11(18)6-13(14)22-16/h6-9H,4-5H2,1-3H3,(H,21,22). The van der Waals surface area contributed by atoms with E-state index in [-0.39, 0.29) is 6.04 Å². The van der Waals surface area contributed by atoms with Gasteiger partial charge in [-0.15, -0.1) is 11.3 Å². The van der Waals surface area contributed by atoms with E-state index in [2.05, 4.69) is 20.3 Å². The molecule has 8 heteroatoms. The molecule has 0 aliphatic carbocycles. The number of hydrogen-bond donors (Lipinski definition) is 1. The first-order valence-corrected chi connectivity index (χ1v) is 9.52. The Hall–Kier alpha value is -1.63. The van der Waals surface area contributed by atoms with Gasteiger partial charge in [0, 0.05) is 17.3 Å². The molecule has 25 heavy (non-hydrogen) atoms. The largest absolute Gasteiger partial charge is 0.475 e. The number of rotatable bonds is 6. The Morgan fingerprint density at radius 1 is 1.16 bits per heavy atom. The van der Waals surface area contributed by atoms with Gasteiger partial charge in [0.05, 0.1) is 38.9 Å². The molecule has 0 radical (unpaired) electrons. The molecular formula is C17H18Cl2N4OS. The number of halogens is 2. The van der Waals surface area contributed by atoms with E-state index in [1.165, 1.54) is 4.88 Å². The molecule has 0 aliphatic heterocycles. The van der Waals surface area contributed by atoms with E-state index in [4.69, 9.17) is 27.9 Å². The van der Waals surface area contributed by atoms with Crippen molar-refractivity contribution in [3.63, 3.8) is 0 Å². The fourth-order valence-electron chi connectivity index (χ4n) is 2.31. The van der Waals surface area contributed by atoms with Crippen LogP contribution in [0.5, 0.6) is 5.88 Å². The zero-order valence-corrected chi connectivity index (χ0v) is 16.5. The number of fused-ring (bicyclic) bond motifs is 1. The Balaban J connectivity index is 1.88. The molecule has 0 bridgehead atoms. The zero-order valence-electron chi connectivity index (χ0n) is 14.1. The normalized spacial score (nSPS) is 11.3. The number of anilines is 1. The van der Waals surface area contributed by atoms with Crippen molar-refractivity contribution in [2.24, 2.45) is 0 Å². The summed E-state index contributed by atoms with van der Waals surface area (Å²) in [4.78, 5) is 14.6. The minimum absolute atomic E-state index is 0.195. The Kier molecular flexibility index (Phi) is 5.61. The number of nitrogens with one attached hydrogen (secondary N) is 1. The van der Waals surface area contributed by atoms with E-state index in [1.54, 1.807) is 23.5 Å². The summed E-state index contributed by atoms with van der Waals surface area (Å²) in [6.07, 6.45) is 0.776. The molecule has 0 unspecified atom stereocenters. The molecule has 0 fully saturated rings. The average molecular weight is 397 g/mol. The van der Waals surface area contributed by atoms with Crippen LogP contribution in [0.2, 0.25) is 10.0 Å². The van der Waals surface area contributed by atoms with Crippen molar-refractivity contribution in [2.75, 3.05) is 11.9 Å². The van der Waals surface area contributed by atoms with Crippen molar-refractivity contribution in [3.05, 3.63) is 38.3 Å². The second-order valence-corrected chi connectivity index (χ2v) is 7.64. The van der Waals surface area contributed by atoms with Gasteiger partial charge >= 0.3 is 0 Å². The summed E-state index contributed by atoms with van der Waals surface area (Å²) < 4.78 is 5.91. The summed E-state index contributed by atoms with van der Waals surface area (Å²) in [6.45, 7) is 6.56. The number of ether oxygens (including phenoxy) is 1. The van der Waals surface area contributed by atoms with Crippen LogP contribution in [0.3, 0.4) is 0 Å². The lowest BCUT2D eigenvalue weighted by Crippen LogP contribution is -2.14. The molecule has 0 atom stereocenters. The molecular weight excluding hydrogens is 379 g/mol. The predicted molar refractivity (Wildman–Crippen MR) is 104 cm³/mol. The van der Waals surface area contributed by atoms with Crippen LogP contribution in [0.15, 0.2) is 17.6 Å². The van der Waals surface area contributed by atoms with E-state index in [1.807, 2.05) is 26.3 Å². The Morgan fingerprint density at radius 3 is 2.44 bits per heavy atom. The van der Waals surface area contributed by atoms with Crippen molar-refractivity contribution >= 4 is 51.4 Å².